The van der Waals surface area contributed by atoms with Crippen LogP contribution >= 0.6 is 0 Å². The second kappa shape index (κ2) is 9.72. The Morgan fingerprint density at radius 2 is 1.93 bits per heavy atom. The maximum Gasteiger partial charge on any atom is 0.312 e. The van der Waals surface area contributed by atoms with Crippen molar-refractivity contribution in [2.24, 2.45) is 5.73 Å². The number of amides is 3. The molecule has 2 aromatic rings. The molecule has 146 valence electrons. The lowest BCUT2D eigenvalue weighted by atomic mass is 10.0. The van der Waals surface area contributed by atoms with E-state index in [4.69, 9.17) is 5.73 Å². The van der Waals surface area contributed by atoms with Gasteiger partial charge in [0.05, 0.1) is 12.1 Å². The molecule has 8 nitrogen and oxygen atoms in total. The first-order valence-electron chi connectivity index (χ1n) is 8.98. The van der Waals surface area contributed by atoms with Crippen molar-refractivity contribution in [3.05, 3.63) is 36.0 Å². The number of carbonyl (C=O) groups is 3. The van der Waals surface area contributed by atoms with Crippen molar-refractivity contribution >= 4 is 28.6 Å². The van der Waals surface area contributed by atoms with Crippen LogP contribution < -0.4 is 21.7 Å². The molecule has 2 rings (SSSR count). The van der Waals surface area contributed by atoms with Crippen molar-refractivity contribution in [3.63, 3.8) is 0 Å². The monoisotopic (exact) mass is 373 g/mol. The van der Waals surface area contributed by atoms with Gasteiger partial charge >= 0.3 is 6.03 Å². The van der Waals surface area contributed by atoms with Crippen molar-refractivity contribution in [2.75, 3.05) is 13.6 Å². The number of hydrogen-bond donors (Lipinski definition) is 5. The van der Waals surface area contributed by atoms with E-state index in [9.17, 15) is 14.4 Å². The van der Waals surface area contributed by atoms with Gasteiger partial charge in [-0.25, -0.2) is 4.79 Å². The molecule has 1 aromatic heterocycles. The molecule has 0 saturated heterocycles. The first kappa shape index (κ1) is 20.4. The van der Waals surface area contributed by atoms with Gasteiger partial charge in [0.15, 0.2) is 5.78 Å². The number of fused-ring (bicyclic) bond motifs is 1. The second-order valence-corrected chi connectivity index (χ2v) is 6.51. The minimum Gasteiger partial charge on any atom is -0.361 e. The van der Waals surface area contributed by atoms with Crippen molar-refractivity contribution in [1.29, 1.82) is 0 Å². The zero-order valence-corrected chi connectivity index (χ0v) is 15.7. The van der Waals surface area contributed by atoms with Gasteiger partial charge in [0.2, 0.25) is 5.91 Å². The number of aromatic amines is 1. The zero-order chi connectivity index (χ0) is 19.8. The summed E-state index contributed by atoms with van der Waals surface area (Å²) in [5.74, 6) is -0.352. The van der Waals surface area contributed by atoms with Crippen molar-refractivity contribution in [2.45, 2.75) is 38.3 Å². The smallest absolute Gasteiger partial charge is 0.312 e. The highest BCUT2D eigenvalue weighted by Gasteiger charge is 2.23. The number of carbonyl (C=O) groups excluding carboxylic acids is 3. The van der Waals surface area contributed by atoms with E-state index in [1.54, 1.807) is 7.05 Å². The van der Waals surface area contributed by atoms with Gasteiger partial charge in [-0.2, -0.15) is 0 Å². The third-order valence-electron chi connectivity index (χ3n) is 4.54. The molecule has 0 radical (unpaired) electrons. The molecule has 27 heavy (non-hydrogen) atoms. The molecular formula is C19H27N5O3. The molecule has 0 bridgehead atoms. The van der Waals surface area contributed by atoms with Crippen LogP contribution in [0, 0.1) is 0 Å². The molecular weight excluding hydrogens is 346 g/mol. The summed E-state index contributed by atoms with van der Waals surface area (Å²) < 4.78 is 0. The van der Waals surface area contributed by atoms with Crippen LogP contribution in [0.25, 0.3) is 10.9 Å². The number of likely N-dealkylation sites (N-methyl/N-ethyl adjacent to an activating group) is 1. The Morgan fingerprint density at radius 3 is 2.59 bits per heavy atom. The lowest BCUT2D eigenvalue weighted by Crippen LogP contribution is -2.50. The van der Waals surface area contributed by atoms with Crippen molar-refractivity contribution in [3.8, 4) is 0 Å². The summed E-state index contributed by atoms with van der Waals surface area (Å²) in [7, 11) is 1.72. The van der Waals surface area contributed by atoms with Crippen LogP contribution in [0.2, 0.25) is 0 Å². The lowest BCUT2D eigenvalue weighted by molar-refractivity contribution is -0.128. The predicted octanol–water partition coefficient (Wildman–Crippen LogP) is 0.821. The molecule has 0 unspecified atom stereocenters. The lowest BCUT2D eigenvalue weighted by Gasteiger charge is -2.21. The average molecular weight is 373 g/mol. The molecule has 0 aliphatic heterocycles. The summed E-state index contributed by atoms with van der Waals surface area (Å²) in [6, 6.07) is 6.25. The van der Waals surface area contributed by atoms with Crippen LogP contribution in [0.5, 0.6) is 0 Å². The summed E-state index contributed by atoms with van der Waals surface area (Å²) >= 11 is 0. The van der Waals surface area contributed by atoms with E-state index in [0.717, 1.165) is 16.5 Å². The van der Waals surface area contributed by atoms with E-state index in [-0.39, 0.29) is 11.7 Å². The molecule has 0 fully saturated rings. The number of rotatable bonds is 10. The summed E-state index contributed by atoms with van der Waals surface area (Å²) in [6.45, 7) is 1.81. The van der Waals surface area contributed by atoms with Crippen LogP contribution in [-0.4, -0.2) is 48.4 Å². The number of nitrogens with two attached hydrogens (primary N) is 1. The Bertz CT molecular complexity index is 801. The summed E-state index contributed by atoms with van der Waals surface area (Å²) in [5, 5.41) is 9.38. The Hall–Kier alpha value is -2.87. The van der Waals surface area contributed by atoms with E-state index in [1.165, 1.54) is 6.92 Å². The third-order valence-corrected chi connectivity index (χ3v) is 4.54. The fourth-order valence-electron chi connectivity index (χ4n) is 3.01. The topological polar surface area (TPSA) is 129 Å². The zero-order valence-electron chi connectivity index (χ0n) is 15.7. The van der Waals surface area contributed by atoms with Crippen LogP contribution in [0.1, 0.15) is 25.3 Å². The summed E-state index contributed by atoms with van der Waals surface area (Å²) in [4.78, 5) is 38.4. The standard InChI is InChI=1S/C19H27N5O3/c1-12(25)15(8-5-9-22-19(20)27)24-18(26)17(21-2)10-13-11-23-16-7-4-3-6-14(13)16/h3-4,6-7,11,15,17,21,23H,5,8-10H2,1-2H3,(H,24,26)(H3,20,22,27)/t15-,17+/m1/s1. The third kappa shape index (κ3) is 5.82. The minimum atomic E-state index is -0.604. The van der Waals surface area contributed by atoms with Crippen molar-refractivity contribution in [1.82, 2.24) is 20.9 Å². The molecule has 8 heteroatoms. The maximum atomic E-state index is 12.7. The first-order chi connectivity index (χ1) is 12.9. The fraction of sp³-hybridized carbons (Fsp3) is 0.421. The van der Waals surface area contributed by atoms with Crippen LogP contribution in [0.4, 0.5) is 4.79 Å². The molecule has 2 atom stereocenters. The quantitative estimate of drug-likeness (QED) is 0.395. The van der Waals surface area contributed by atoms with Gasteiger partial charge in [0, 0.05) is 23.6 Å². The summed E-state index contributed by atoms with van der Waals surface area (Å²) in [6.07, 6.45) is 3.38. The van der Waals surface area contributed by atoms with Gasteiger partial charge in [0.1, 0.15) is 0 Å². The minimum absolute atomic E-state index is 0.121. The molecule has 0 saturated carbocycles. The van der Waals surface area contributed by atoms with Crippen molar-refractivity contribution < 1.29 is 14.4 Å². The largest absolute Gasteiger partial charge is 0.361 e. The van der Waals surface area contributed by atoms with E-state index in [2.05, 4.69) is 20.9 Å². The van der Waals surface area contributed by atoms with Gasteiger partial charge in [0.25, 0.3) is 0 Å². The SMILES string of the molecule is CN[C@@H](Cc1c[nH]c2ccccc12)C(=O)N[C@H](CCCNC(N)=O)C(C)=O. The number of urea groups is 1. The van der Waals surface area contributed by atoms with Crippen LogP contribution in [0.15, 0.2) is 30.5 Å². The number of nitrogens with one attached hydrogen (secondary N) is 4. The summed E-state index contributed by atoms with van der Waals surface area (Å²) in [5.41, 5.74) is 7.07. The number of aromatic nitrogens is 1. The number of ketones is 1. The van der Waals surface area contributed by atoms with Gasteiger partial charge < -0.3 is 26.7 Å². The van der Waals surface area contributed by atoms with Gasteiger partial charge in [-0.3, -0.25) is 9.59 Å². The number of primary amides is 1. The highest BCUT2D eigenvalue weighted by Crippen LogP contribution is 2.19. The molecule has 3 amide bonds. The van der Waals surface area contributed by atoms with E-state index >= 15 is 0 Å². The number of H-pyrrole nitrogens is 1. The number of para-hydroxylation sites is 1. The highest BCUT2D eigenvalue weighted by molar-refractivity contribution is 5.90. The Labute approximate surface area is 158 Å². The molecule has 1 aromatic carbocycles. The van der Waals surface area contributed by atoms with Crippen LogP contribution in [-0.2, 0) is 16.0 Å². The Morgan fingerprint density at radius 1 is 1.19 bits per heavy atom. The number of Topliss-reactive ketones (excluding diaryl/α,β-unsaturated/α-hetero) is 1. The number of benzene rings is 1. The highest BCUT2D eigenvalue weighted by atomic mass is 16.2. The Balaban J connectivity index is 1.97. The Kier molecular flexibility index (Phi) is 7.36. The molecule has 0 aliphatic carbocycles. The van der Waals surface area contributed by atoms with Crippen LogP contribution in [0.3, 0.4) is 0 Å². The normalized spacial score (nSPS) is 13.1. The predicted molar refractivity (Wildman–Crippen MR) is 104 cm³/mol. The molecule has 1 heterocycles. The van der Waals surface area contributed by atoms with Gasteiger partial charge in [-0.05, 0) is 44.9 Å². The van der Waals surface area contributed by atoms with E-state index < -0.39 is 18.1 Å². The fourth-order valence-corrected chi connectivity index (χ4v) is 3.01. The molecule has 6 N–H and O–H groups in total. The molecule has 0 spiro atoms. The van der Waals surface area contributed by atoms with E-state index in [1.807, 2.05) is 30.5 Å². The van der Waals surface area contributed by atoms with E-state index in [0.29, 0.717) is 25.8 Å². The van der Waals surface area contributed by atoms with Gasteiger partial charge in [-0.1, -0.05) is 18.2 Å². The van der Waals surface area contributed by atoms with Gasteiger partial charge in [-0.15, -0.1) is 0 Å². The molecule has 0 aliphatic rings. The second-order valence-electron chi connectivity index (χ2n) is 6.51. The average Bonchev–Trinajstić information content (AvgIpc) is 3.04. The maximum absolute atomic E-state index is 12.7. The first-order valence-corrected chi connectivity index (χ1v) is 8.98. The number of hydrogen-bond acceptors (Lipinski definition) is 4.